The van der Waals surface area contributed by atoms with Crippen LogP contribution < -0.4 is 10.6 Å². The molecule has 0 atom stereocenters. The van der Waals surface area contributed by atoms with Crippen molar-refractivity contribution in [1.29, 1.82) is 0 Å². The second-order valence-corrected chi connectivity index (χ2v) is 3.25. The van der Waals surface area contributed by atoms with Crippen LogP contribution in [0.1, 0.15) is 5.56 Å². The summed E-state index contributed by atoms with van der Waals surface area (Å²) in [6.45, 7) is 0.809. The third kappa shape index (κ3) is 2.86. The minimum Gasteiger partial charge on any atom is -0.366 e. The first-order chi connectivity index (χ1) is 5.33. The summed E-state index contributed by atoms with van der Waals surface area (Å²) >= 11 is 6.60. The number of thiophene rings is 1. The van der Waals surface area contributed by atoms with E-state index in [1.54, 1.807) is 11.3 Å². The largest absolute Gasteiger partial charge is 0.366 e. The van der Waals surface area contributed by atoms with Gasteiger partial charge < -0.3 is 10.6 Å². The summed E-state index contributed by atoms with van der Waals surface area (Å²) < 4.78 is 0. The maximum atomic E-state index is 4.91. The van der Waals surface area contributed by atoms with Crippen molar-refractivity contribution in [1.82, 2.24) is 10.6 Å². The Kier molecular flexibility index (Phi) is 3.32. The summed E-state index contributed by atoms with van der Waals surface area (Å²) in [6, 6.07) is 2.08. The predicted molar refractivity (Wildman–Crippen MR) is 52.8 cm³/mol. The summed E-state index contributed by atoms with van der Waals surface area (Å²) in [7, 11) is 1.81. The Hall–Kier alpha value is -0.610. The summed E-state index contributed by atoms with van der Waals surface area (Å²) in [5.41, 5.74) is 1.27. The van der Waals surface area contributed by atoms with Crippen molar-refractivity contribution in [2.45, 2.75) is 6.54 Å². The SMILES string of the molecule is CNC(=S)NCc1ccsc1. The molecular formula is C7H10N2S2. The fourth-order valence-electron chi connectivity index (χ4n) is 0.664. The monoisotopic (exact) mass is 186 g/mol. The molecule has 60 valence electrons. The predicted octanol–water partition coefficient (Wildman–Crippen LogP) is 1.34. The van der Waals surface area contributed by atoms with E-state index in [-0.39, 0.29) is 0 Å². The van der Waals surface area contributed by atoms with Gasteiger partial charge in [-0.25, -0.2) is 0 Å². The van der Waals surface area contributed by atoms with E-state index in [4.69, 9.17) is 12.2 Å². The molecular weight excluding hydrogens is 176 g/mol. The van der Waals surface area contributed by atoms with Gasteiger partial charge in [0.15, 0.2) is 5.11 Å². The van der Waals surface area contributed by atoms with Crippen LogP contribution in [-0.2, 0) is 6.54 Å². The first-order valence-electron chi connectivity index (χ1n) is 3.29. The Bertz CT molecular complexity index is 218. The van der Waals surface area contributed by atoms with E-state index in [1.807, 2.05) is 7.05 Å². The maximum Gasteiger partial charge on any atom is 0.166 e. The van der Waals surface area contributed by atoms with Gasteiger partial charge in [0.05, 0.1) is 0 Å². The number of hydrogen-bond donors (Lipinski definition) is 2. The quantitative estimate of drug-likeness (QED) is 0.682. The molecule has 0 radical (unpaired) electrons. The zero-order chi connectivity index (χ0) is 8.10. The molecule has 4 heteroatoms. The van der Waals surface area contributed by atoms with E-state index < -0.39 is 0 Å². The highest BCUT2D eigenvalue weighted by Gasteiger charge is 1.92. The lowest BCUT2D eigenvalue weighted by Crippen LogP contribution is -2.31. The molecule has 0 bridgehead atoms. The third-order valence-electron chi connectivity index (χ3n) is 1.26. The maximum absolute atomic E-state index is 4.91. The first-order valence-corrected chi connectivity index (χ1v) is 4.64. The lowest BCUT2D eigenvalue weighted by Gasteiger charge is -2.04. The van der Waals surface area contributed by atoms with Crippen LogP contribution in [0.4, 0.5) is 0 Å². The topological polar surface area (TPSA) is 24.1 Å². The molecule has 1 heterocycles. The van der Waals surface area contributed by atoms with Gasteiger partial charge in [-0.05, 0) is 34.6 Å². The number of rotatable bonds is 2. The Balaban J connectivity index is 2.29. The summed E-state index contributed by atoms with van der Waals surface area (Å²) in [5, 5.41) is 10.8. The van der Waals surface area contributed by atoms with Gasteiger partial charge >= 0.3 is 0 Å². The molecule has 1 rings (SSSR count). The normalized spacial score (nSPS) is 9.18. The van der Waals surface area contributed by atoms with Gasteiger partial charge in [-0.1, -0.05) is 0 Å². The smallest absolute Gasteiger partial charge is 0.166 e. The molecule has 2 nitrogen and oxygen atoms in total. The van der Waals surface area contributed by atoms with Crippen LogP contribution in [0.15, 0.2) is 16.8 Å². The van der Waals surface area contributed by atoms with Crippen LogP contribution >= 0.6 is 23.6 Å². The van der Waals surface area contributed by atoms with E-state index in [2.05, 4.69) is 27.5 Å². The molecule has 0 spiro atoms. The molecule has 0 aromatic carbocycles. The molecule has 11 heavy (non-hydrogen) atoms. The van der Waals surface area contributed by atoms with Crippen LogP contribution in [0.3, 0.4) is 0 Å². The second kappa shape index (κ2) is 4.31. The highest BCUT2D eigenvalue weighted by molar-refractivity contribution is 7.80. The lowest BCUT2D eigenvalue weighted by atomic mass is 10.3. The molecule has 0 saturated carbocycles. The number of hydrogen-bond acceptors (Lipinski definition) is 2. The van der Waals surface area contributed by atoms with Crippen molar-refractivity contribution >= 4 is 28.7 Å². The molecule has 1 aromatic rings. The summed E-state index contributed by atoms with van der Waals surface area (Å²) in [6.07, 6.45) is 0. The van der Waals surface area contributed by atoms with Crippen LogP contribution in [0.25, 0.3) is 0 Å². The molecule has 0 aliphatic carbocycles. The van der Waals surface area contributed by atoms with Crippen molar-refractivity contribution in [3.8, 4) is 0 Å². The summed E-state index contributed by atoms with van der Waals surface area (Å²) in [5.74, 6) is 0. The second-order valence-electron chi connectivity index (χ2n) is 2.06. The van der Waals surface area contributed by atoms with Gasteiger partial charge in [0, 0.05) is 13.6 Å². The van der Waals surface area contributed by atoms with Crippen molar-refractivity contribution in [2.75, 3.05) is 7.05 Å². The van der Waals surface area contributed by atoms with Crippen LogP contribution in [0.2, 0.25) is 0 Å². The standard InChI is InChI=1S/C7H10N2S2/c1-8-7(10)9-4-6-2-3-11-5-6/h2-3,5H,4H2,1H3,(H2,8,9,10). The molecule has 0 amide bonds. The molecule has 0 aliphatic heterocycles. The van der Waals surface area contributed by atoms with Crippen molar-refractivity contribution in [3.63, 3.8) is 0 Å². The van der Waals surface area contributed by atoms with Gasteiger partial charge in [0.25, 0.3) is 0 Å². The highest BCUT2D eigenvalue weighted by atomic mass is 32.1. The number of thiocarbonyl (C=S) groups is 1. The van der Waals surface area contributed by atoms with Gasteiger partial charge in [-0.3, -0.25) is 0 Å². The minimum atomic E-state index is 0.691. The lowest BCUT2D eigenvalue weighted by molar-refractivity contribution is 0.895. The molecule has 1 aromatic heterocycles. The molecule has 0 saturated heterocycles. The summed E-state index contributed by atoms with van der Waals surface area (Å²) in [4.78, 5) is 0. The van der Waals surface area contributed by atoms with Gasteiger partial charge in [-0.2, -0.15) is 11.3 Å². The Morgan fingerprint density at radius 2 is 2.55 bits per heavy atom. The van der Waals surface area contributed by atoms with Gasteiger partial charge in [-0.15, -0.1) is 0 Å². The van der Waals surface area contributed by atoms with Crippen molar-refractivity contribution < 1.29 is 0 Å². The minimum absolute atomic E-state index is 0.691. The Morgan fingerprint density at radius 3 is 3.09 bits per heavy atom. The van der Waals surface area contributed by atoms with E-state index in [9.17, 15) is 0 Å². The fraction of sp³-hybridized carbons (Fsp3) is 0.286. The average Bonchev–Trinajstić information content (AvgIpc) is 2.52. The Morgan fingerprint density at radius 1 is 1.73 bits per heavy atom. The Labute approximate surface area is 75.6 Å². The third-order valence-corrected chi connectivity index (χ3v) is 2.34. The van der Waals surface area contributed by atoms with Crippen molar-refractivity contribution in [2.24, 2.45) is 0 Å². The molecule has 0 unspecified atom stereocenters. The van der Waals surface area contributed by atoms with E-state index in [0.717, 1.165) is 6.54 Å². The van der Waals surface area contributed by atoms with E-state index >= 15 is 0 Å². The zero-order valence-corrected chi connectivity index (χ0v) is 7.89. The van der Waals surface area contributed by atoms with Crippen LogP contribution in [0.5, 0.6) is 0 Å². The number of nitrogens with one attached hydrogen (secondary N) is 2. The van der Waals surface area contributed by atoms with Crippen LogP contribution in [0, 0.1) is 0 Å². The molecule has 2 N–H and O–H groups in total. The fourth-order valence-corrected chi connectivity index (χ4v) is 1.40. The highest BCUT2D eigenvalue weighted by Crippen LogP contribution is 2.04. The zero-order valence-electron chi connectivity index (χ0n) is 6.26. The van der Waals surface area contributed by atoms with E-state index in [1.165, 1.54) is 5.56 Å². The average molecular weight is 186 g/mol. The molecule has 0 aliphatic rings. The molecule has 0 fully saturated rings. The van der Waals surface area contributed by atoms with Gasteiger partial charge in [0.2, 0.25) is 0 Å². The van der Waals surface area contributed by atoms with Crippen LogP contribution in [-0.4, -0.2) is 12.2 Å². The van der Waals surface area contributed by atoms with Crippen molar-refractivity contribution in [3.05, 3.63) is 22.4 Å². The van der Waals surface area contributed by atoms with Gasteiger partial charge in [0.1, 0.15) is 0 Å². The van der Waals surface area contributed by atoms with E-state index in [0.29, 0.717) is 5.11 Å². The first kappa shape index (κ1) is 8.49.